The predicted molar refractivity (Wildman–Crippen MR) is 29.6 cm³/mol. The topological polar surface area (TPSA) is 112 Å². The third kappa shape index (κ3) is 2.40. The zero-order valence-corrected chi connectivity index (χ0v) is 5.58. The van der Waals surface area contributed by atoms with Crippen LogP contribution in [0.1, 0.15) is 0 Å². The van der Waals surface area contributed by atoms with Crippen LogP contribution in [0.25, 0.3) is 0 Å². The second-order valence-electron chi connectivity index (χ2n) is 1.49. The fourth-order valence-corrected chi connectivity index (χ4v) is 0.665. The molecule has 0 aliphatic carbocycles. The first-order valence-corrected chi connectivity index (χ1v) is 3.64. The Hall–Kier alpha value is -0.500. The molecule has 1 unspecified atom stereocenters. The van der Waals surface area contributed by atoms with Gasteiger partial charge in [0.1, 0.15) is 0 Å². The van der Waals surface area contributed by atoms with Gasteiger partial charge in [0.15, 0.2) is 6.10 Å². The quantitative estimate of drug-likeness (QED) is 0.404. The van der Waals surface area contributed by atoms with Gasteiger partial charge in [-0.2, -0.15) is 8.42 Å². The summed E-state index contributed by atoms with van der Waals surface area (Å²) < 4.78 is 27.7. The lowest BCUT2D eigenvalue weighted by atomic mass is 10.4. The fourth-order valence-electron chi connectivity index (χ4n) is 0.246. The molecule has 0 aromatic heterocycles. The molecule has 7 heteroatoms. The first-order valence-electron chi connectivity index (χ1n) is 2.20. The molecule has 0 fully saturated rings. The molecule has 0 bridgehead atoms. The van der Waals surface area contributed by atoms with Gasteiger partial charge < -0.3 is 10.2 Å². The molecule has 6 nitrogen and oxygen atoms in total. The Labute approximate surface area is 56.8 Å². The summed E-state index contributed by atoms with van der Waals surface area (Å²) in [6.45, 7) is -1.03. The molecular formula is C3H6O6S. The molecule has 0 aliphatic heterocycles. The molecular weight excluding hydrogens is 164 g/mol. The Balaban J connectivity index is 4.40. The Kier molecular flexibility index (Phi) is 2.91. The van der Waals surface area contributed by atoms with E-state index < -0.39 is 27.9 Å². The summed E-state index contributed by atoms with van der Waals surface area (Å²) >= 11 is 0. The standard InChI is InChI=1S/C3H6O6S/c4-1-2(5)3(6)10(7,8)9/h2,4-5H,1H2,(H,7,8,9). The monoisotopic (exact) mass is 170 g/mol. The number of aliphatic hydroxyl groups excluding tert-OH is 2. The molecule has 0 radical (unpaired) electrons. The number of carbonyl (C=O) groups excluding carboxylic acids is 1. The van der Waals surface area contributed by atoms with Crippen molar-refractivity contribution < 1.29 is 28.0 Å². The maximum atomic E-state index is 10.1. The van der Waals surface area contributed by atoms with Crippen LogP contribution in [-0.2, 0) is 14.9 Å². The van der Waals surface area contributed by atoms with Crippen molar-refractivity contribution in [2.24, 2.45) is 0 Å². The summed E-state index contributed by atoms with van der Waals surface area (Å²) in [7, 11) is -4.86. The summed E-state index contributed by atoms with van der Waals surface area (Å²) in [6, 6.07) is 0. The number of hydrogen-bond acceptors (Lipinski definition) is 5. The molecule has 0 saturated carbocycles. The van der Waals surface area contributed by atoms with Gasteiger partial charge in [-0.25, -0.2) is 0 Å². The number of carbonyl (C=O) groups is 1. The molecule has 0 aromatic carbocycles. The lowest BCUT2D eigenvalue weighted by Crippen LogP contribution is -2.30. The Morgan fingerprint density at radius 2 is 1.90 bits per heavy atom. The molecule has 0 spiro atoms. The van der Waals surface area contributed by atoms with Crippen molar-refractivity contribution >= 4 is 15.2 Å². The van der Waals surface area contributed by atoms with Gasteiger partial charge in [0, 0.05) is 0 Å². The highest BCUT2D eigenvalue weighted by molar-refractivity contribution is 8.01. The molecule has 0 amide bonds. The van der Waals surface area contributed by atoms with Crippen LogP contribution < -0.4 is 0 Å². The van der Waals surface area contributed by atoms with Gasteiger partial charge in [0.2, 0.25) is 0 Å². The minimum absolute atomic E-state index is 1.03. The molecule has 10 heavy (non-hydrogen) atoms. The summed E-state index contributed by atoms with van der Waals surface area (Å²) in [6.07, 6.45) is -2.06. The van der Waals surface area contributed by atoms with Gasteiger partial charge in [-0.1, -0.05) is 0 Å². The summed E-state index contributed by atoms with van der Waals surface area (Å²) in [4.78, 5) is 10.1. The van der Waals surface area contributed by atoms with E-state index in [0.717, 1.165) is 0 Å². The van der Waals surface area contributed by atoms with Crippen LogP contribution in [0.15, 0.2) is 0 Å². The molecule has 1 atom stereocenters. The second-order valence-corrected chi connectivity index (χ2v) is 2.84. The Morgan fingerprint density at radius 1 is 1.50 bits per heavy atom. The second kappa shape index (κ2) is 3.06. The maximum absolute atomic E-state index is 10.1. The molecule has 0 aliphatic rings. The highest BCUT2D eigenvalue weighted by Gasteiger charge is 2.26. The average molecular weight is 170 g/mol. The van der Waals surface area contributed by atoms with Crippen LogP contribution in [0.4, 0.5) is 0 Å². The van der Waals surface area contributed by atoms with E-state index in [1.165, 1.54) is 0 Å². The SMILES string of the molecule is O=C(C(O)CO)S(=O)(=O)O. The van der Waals surface area contributed by atoms with Crippen LogP contribution in [0.3, 0.4) is 0 Å². The van der Waals surface area contributed by atoms with Crippen LogP contribution in [0.2, 0.25) is 0 Å². The van der Waals surface area contributed by atoms with E-state index in [1.54, 1.807) is 0 Å². The Bertz CT molecular complexity index is 215. The van der Waals surface area contributed by atoms with Crippen molar-refractivity contribution in [1.29, 1.82) is 0 Å². The van der Waals surface area contributed by atoms with Gasteiger partial charge in [0.25, 0.3) is 0 Å². The van der Waals surface area contributed by atoms with Crippen molar-refractivity contribution in [3.8, 4) is 0 Å². The first-order chi connectivity index (χ1) is 4.39. The number of rotatable bonds is 2. The normalized spacial score (nSPS) is 14.7. The van der Waals surface area contributed by atoms with Crippen molar-refractivity contribution in [3.05, 3.63) is 0 Å². The minimum Gasteiger partial charge on any atom is -0.393 e. The van der Waals surface area contributed by atoms with Crippen LogP contribution in [-0.4, -0.2) is 41.0 Å². The first kappa shape index (κ1) is 9.50. The highest BCUT2D eigenvalue weighted by Crippen LogP contribution is 1.91. The zero-order chi connectivity index (χ0) is 8.36. The molecule has 0 aromatic rings. The summed E-state index contributed by atoms with van der Waals surface area (Å²) in [5.74, 6) is 0. The van der Waals surface area contributed by atoms with E-state index in [9.17, 15) is 13.2 Å². The van der Waals surface area contributed by atoms with Crippen molar-refractivity contribution in [3.63, 3.8) is 0 Å². The van der Waals surface area contributed by atoms with Crippen LogP contribution in [0, 0.1) is 0 Å². The molecule has 60 valence electrons. The van der Waals surface area contributed by atoms with Gasteiger partial charge >= 0.3 is 15.2 Å². The zero-order valence-electron chi connectivity index (χ0n) is 4.76. The maximum Gasteiger partial charge on any atom is 0.331 e. The molecule has 0 rings (SSSR count). The number of aliphatic hydroxyl groups is 2. The molecule has 0 saturated heterocycles. The van der Waals surface area contributed by atoms with Crippen molar-refractivity contribution in [2.75, 3.05) is 6.61 Å². The van der Waals surface area contributed by atoms with Gasteiger partial charge in [0.05, 0.1) is 6.61 Å². The highest BCUT2D eigenvalue weighted by atomic mass is 32.2. The van der Waals surface area contributed by atoms with Gasteiger partial charge in [-0.15, -0.1) is 0 Å². The van der Waals surface area contributed by atoms with E-state index >= 15 is 0 Å². The van der Waals surface area contributed by atoms with Crippen molar-refractivity contribution in [2.45, 2.75) is 6.10 Å². The lowest BCUT2D eigenvalue weighted by molar-refractivity contribution is -0.121. The van der Waals surface area contributed by atoms with E-state index in [4.69, 9.17) is 14.8 Å². The lowest BCUT2D eigenvalue weighted by Gasteiger charge is -2.00. The third-order valence-corrected chi connectivity index (χ3v) is 1.48. The Morgan fingerprint density at radius 3 is 2.00 bits per heavy atom. The summed E-state index contributed by atoms with van der Waals surface area (Å²) in [5.41, 5.74) is 0. The van der Waals surface area contributed by atoms with E-state index in [0.29, 0.717) is 0 Å². The van der Waals surface area contributed by atoms with E-state index in [2.05, 4.69) is 0 Å². The molecule has 3 N–H and O–H groups in total. The summed E-state index contributed by atoms with van der Waals surface area (Å²) in [5, 5.41) is 14.5. The fraction of sp³-hybridized carbons (Fsp3) is 0.667. The van der Waals surface area contributed by atoms with E-state index in [1.807, 2.05) is 0 Å². The van der Waals surface area contributed by atoms with Crippen LogP contribution >= 0.6 is 0 Å². The minimum atomic E-state index is -4.86. The largest absolute Gasteiger partial charge is 0.393 e. The van der Waals surface area contributed by atoms with Gasteiger partial charge in [-0.3, -0.25) is 9.35 Å². The van der Waals surface area contributed by atoms with E-state index in [-0.39, 0.29) is 0 Å². The smallest absolute Gasteiger partial charge is 0.331 e. The average Bonchev–Trinajstić information content (AvgIpc) is 1.83. The third-order valence-electron chi connectivity index (χ3n) is 0.699. The predicted octanol–water partition coefficient (Wildman–Crippen LogP) is -2.25. The van der Waals surface area contributed by atoms with Crippen molar-refractivity contribution in [1.82, 2.24) is 0 Å². The molecule has 0 heterocycles. The van der Waals surface area contributed by atoms with Crippen LogP contribution in [0.5, 0.6) is 0 Å². The number of hydrogen-bond donors (Lipinski definition) is 3. The van der Waals surface area contributed by atoms with Gasteiger partial charge in [-0.05, 0) is 0 Å².